The molecule has 0 unspecified atom stereocenters. The molecule has 2 rings (SSSR count). The summed E-state index contributed by atoms with van der Waals surface area (Å²) in [6.07, 6.45) is 3.86. The van der Waals surface area contributed by atoms with Gasteiger partial charge in [0.05, 0.1) is 12.5 Å². The van der Waals surface area contributed by atoms with Gasteiger partial charge in [-0.1, -0.05) is 26.8 Å². The molecule has 0 N–H and O–H groups in total. The average Bonchev–Trinajstić information content (AvgIpc) is 2.64. The summed E-state index contributed by atoms with van der Waals surface area (Å²) in [5, 5.41) is 0. The highest BCUT2D eigenvalue weighted by Crippen LogP contribution is 2.65. The number of ether oxygens (including phenoxy) is 1. The maximum absolute atomic E-state index is 12.6. The van der Waals surface area contributed by atoms with Crippen molar-refractivity contribution in [2.45, 2.75) is 47.5 Å². The molecule has 3 atom stereocenters. The third-order valence-electron chi connectivity index (χ3n) is 5.45. The minimum absolute atomic E-state index is 0.00426. The second-order valence-corrected chi connectivity index (χ2v) is 6.64. The van der Waals surface area contributed by atoms with Gasteiger partial charge in [-0.2, -0.15) is 0 Å². The largest absolute Gasteiger partial charge is 0.466 e. The van der Waals surface area contributed by atoms with Crippen molar-refractivity contribution < 1.29 is 14.3 Å². The fourth-order valence-electron chi connectivity index (χ4n) is 3.73. The topological polar surface area (TPSA) is 43.4 Å². The molecule has 2 saturated carbocycles. The van der Waals surface area contributed by atoms with E-state index in [1.165, 1.54) is 0 Å². The van der Waals surface area contributed by atoms with Crippen LogP contribution in [-0.4, -0.2) is 18.4 Å². The van der Waals surface area contributed by atoms with E-state index in [0.29, 0.717) is 12.5 Å². The fraction of sp³-hybridized carbons (Fsp3) is 0.750. The predicted octanol–water partition coefficient (Wildman–Crippen LogP) is 3.14. The van der Waals surface area contributed by atoms with Gasteiger partial charge >= 0.3 is 5.97 Å². The Hall–Kier alpha value is -1.12. The van der Waals surface area contributed by atoms with E-state index in [0.717, 1.165) is 18.4 Å². The Bertz CT molecular complexity index is 447. The molecule has 2 fully saturated rings. The molecule has 2 aliphatic carbocycles. The van der Waals surface area contributed by atoms with Gasteiger partial charge in [-0.15, -0.1) is 0 Å². The van der Waals surface area contributed by atoms with Gasteiger partial charge in [0.2, 0.25) is 0 Å². The number of fused-ring (bicyclic) bond motifs is 2. The second-order valence-electron chi connectivity index (χ2n) is 6.64. The molecule has 0 saturated heterocycles. The summed E-state index contributed by atoms with van der Waals surface area (Å²) in [4.78, 5) is 24.3. The van der Waals surface area contributed by atoms with Crippen molar-refractivity contribution in [2.75, 3.05) is 6.61 Å². The Morgan fingerprint density at radius 3 is 2.58 bits per heavy atom. The molecule has 3 heteroatoms. The molecule has 0 radical (unpaired) electrons. The minimum atomic E-state index is -0.336. The Balaban J connectivity index is 2.28. The summed E-state index contributed by atoms with van der Waals surface area (Å²) < 4.78 is 5.01. The van der Waals surface area contributed by atoms with Crippen molar-refractivity contribution in [1.29, 1.82) is 0 Å². The van der Waals surface area contributed by atoms with E-state index < -0.39 is 0 Å². The van der Waals surface area contributed by atoms with Crippen LogP contribution in [0.15, 0.2) is 11.6 Å². The van der Waals surface area contributed by atoms with Crippen molar-refractivity contribution >= 4 is 11.8 Å². The quantitative estimate of drug-likeness (QED) is 0.581. The zero-order valence-electron chi connectivity index (χ0n) is 12.6. The van der Waals surface area contributed by atoms with E-state index in [4.69, 9.17) is 4.74 Å². The van der Waals surface area contributed by atoms with Crippen LogP contribution in [0.2, 0.25) is 0 Å². The number of esters is 1. The summed E-state index contributed by atoms with van der Waals surface area (Å²) in [5.41, 5.74) is 0.613. The molecule has 0 aromatic heterocycles. The third kappa shape index (κ3) is 1.86. The number of hydrogen-bond acceptors (Lipinski definition) is 3. The highest BCUT2D eigenvalue weighted by atomic mass is 16.5. The maximum atomic E-state index is 12.6. The zero-order valence-corrected chi connectivity index (χ0v) is 12.6. The molecule has 0 heterocycles. The SMILES string of the molecule is CCOC(=O)[C@@H](C)/C=C1/C(=O)[C@@]2(C)CC[C@H]1C2(C)C. The number of carbonyl (C=O) groups is 2. The number of allylic oxidation sites excluding steroid dienone is 1. The van der Waals surface area contributed by atoms with E-state index in [1.807, 2.05) is 6.08 Å². The van der Waals surface area contributed by atoms with Crippen molar-refractivity contribution in [3.05, 3.63) is 11.6 Å². The lowest BCUT2D eigenvalue weighted by molar-refractivity contribution is -0.145. The Kier molecular flexibility index (Phi) is 3.36. The molecule has 2 aliphatic rings. The first-order valence-corrected chi connectivity index (χ1v) is 7.19. The van der Waals surface area contributed by atoms with Crippen LogP contribution in [0, 0.1) is 22.7 Å². The molecule has 3 nitrogen and oxygen atoms in total. The Morgan fingerprint density at radius 2 is 2.11 bits per heavy atom. The summed E-state index contributed by atoms with van der Waals surface area (Å²) in [6, 6.07) is 0. The molecular formula is C16H24O3. The van der Waals surface area contributed by atoms with Crippen molar-refractivity contribution in [3.63, 3.8) is 0 Å². The van der Waals surface area contributed by atoms with Gasteiger partial charge in [0.15, 0.2) is 5.78 Å². The standard InChI is InChI=1S/C16H24O3/c1-6-19-14(18)10(2)9-11-12-7-8-16(5,13(11)17)15(12,3)4/h9-10,12H,6-8H2,1-5H3/b11-9+/t10-,12+,16+/m0/s1. The van der Waals surface area contributed by atoms with Crippen LogP contribution in [0.3, 0.4) is 0 Å². The van der Waals surface area contributed by atoms with Crippen LogP contribution in [0.25, 0.3) is 0 Å². The first-order valence-electron chi connectivity index (χ1n) is 7.19. The molecule has 0 spiro atoms. The lowest BCUT2D eigenvalue weighted by atomic mass is 9.70. The van der Waals surface area contributed by atoms with Crippen LogP contribution >= 0.6 is 0 Å². The van der Waals surface area contributed by atoms with Crippen LogP contribution in [0.5, 0.6) is 0 Å². The lowest BCUT2D eigenvalue weighted by Gasteiger charge is -2.31. The summed E-state index contributed by atoms with van der Waals surface area (Å²) >= 11 is 0. The van der Waals surface area contributed by atoms with E-state index in [9.17, 15) is 9.59 Å². The summed E-state index contributed by atoms with van der Waals surface area (Å²) in [6.45, 7) is 10.4. The van der Waals surface area contributed by atoms with Crippen LogP contribution in [0.4, 0.5) is 0 Å². The highest BCUT2D eigenvalue weighted by Gasteiger charge is 2.63. The fourth-order valence-corrected chi connectivity index (χ4v) is 3.73. The van der Waals surface area contributed by atoms with E-state index >= 15 is 0 Å². The predicted molar refractivity (Wildman–Crippen MR) is 73.5 cm³/mol. The van der Waals surface area contributed by atoms with Gasteiger partial charge in [0.1, 0.15) is 0 Å². The first kappa shape index (κ1) is 14.3. The molecule has 0 amide bonds. The normalized spacial score (nSPS) is 35.7. The number of rotatable bonds is 3. The average molecular weight is 264 g/mol. The molecule has 19 heavy (non-hydrogen) atoms. The minimum Gasteiger partial charge on any atom is -0.466 e. The number of hydrogen-bond donors (Lipinski definition) is 0. The van der Waals surface area contributed by atoms with Gasteiger partial charge in [0.25, 0.3) is 0 Å². The van der Waals surface area contributed by atoms with Crippen LogP contribution in [0.1, 0.15) is 47.5 Å². The molecule has 0 aromatic carbocycles. The Labute approximate surface area is 115 Å². The molecule has 2 bridgehead atoms. The van der Waals surface area contributed by atoms with Gasteiger partial charge in [-0.25, -0.2) is 0 Å². The monoisotopic (exact) mass is 264 g/mol. The lowest BCUT2D eigenvalue weighted by Crippen LogP contribution is -2.32. The van der Waals surface area contributed by atoms with Gasteiger partial charge in [-0.05, 0) is 43.6 Å². The zero-order chi connectivity index (χ0) is 14.4. The number of carbonyl (C=O) groups excluding carboxylic acids is 2. The maximum Gasteiger partial charge on any atom is 0.312 e. The van der Waals surface area contributed by atoms with Crippen LogP contribution in [-0.2, 0) is 14.3 Å². The van der Waals surface area contributed by atoms with Crippen molar-refractivity contribution in [1.82, 2.24) is 0 Å². The van der Waals surface area contributed by atoms with Gasteiger partial charge < -0.3 is 4.74 Å². The molecule has 106 valence electrons. The Morgan fingerprint density at radius 1 is 1.47 bits per heavy atom. The van der Waals surface area contributed by atoms with Crippen molar-refractivity contribution in [3.8, 4) is 0 Å². The first-order chi connectivity index (χ1) is 8.75. The number of Topliss-reactive ketones (excluding diaryl/α,β-unsaturated/α-hetero) is 1. The molecule has 0 aliphatic heterocycles. The van der Waals surface area contributed by atoms with Gasteiger partial charge in [0, 0.05) is 5.41 Å². The van der Waals surface area contributed by atoms with E-state index in [1.54, 1.807) is 13.8 Å². The van der Waals surface area contributed by atoms with E-state index in [2.05, 4.69) is 20.8 Å². The summed E-state index contributed by atoms with van der Waals surface area (Å²) in [7, 11) is 0. The van der Waals surface area contributed by atoms with Crippen molar-refractivity contribution in [2.24, 2.45) is 22.7 Å². The third-order valence-corrected chi connectivity index (χ3v) is 5.45. The number of ketones is 1. The smallest absolute Gasteiger partial charge is 0.312 e. The second kappa shape index (κ2) is 4.46. The summed E-state index contributed by atoms with van der Waals surface area (Å²) in [5.74, 6) is -0.0436. The molecular weight excluding hydrogens is 240 g/mol. The van der Waals surface area contributed by atoms with E-state index in [-0.39, 0.29) is 28.5 Å². The molecule has 0 aromatic rings. The van der Waals surface area contributed by atoms with Gasteiger partial charge in [-0.3, -0.25) is 9.59 Å². The highest BCUT2D eigenvalue weighted by molar-refractivity contribution is 6.05. The van der Waals surface area contributed by atoms with Crippen LogP contribution < -0.4 is 0 Å².